The Morgan fingerprint density at radius 1 is 1.00 bits per heavy atom. The molecule has 1 N–H and O–H groups in total. The predicted octanol–water partition coefficient (Wildman–Crippen LogP) is 4.15. The molecule has 3 heteroatoms. The second-order valence-electron chi connectivity index (χ2n) is 3.49. The SMILES string of the molecule is Oc1ccc2[o+]c(-c3ccccc3)sc2c1. The Kier molecular flexibility index (Phi) is 2.11. The molecule has 0 aliphatic carbocycles. The third-order valence-corrected chi connectivity index (χ3v) is 3.39. The van der Waals surface area contributed by atoms with Crippen LogP contribution in [0.2, 0.25) is 0 Å². The Morgan fingerprint density at radius 3 is 2.62 bits per heavy atom. The van der Waals surface area contributed by atoms with Crippen molar-refractivity contribution in [3.63, 3.8) is 0 Å². The van der Waals surface area contributed by atoms with Crippen LogP contribution in [0.5, 0.6) is 5.75 Å². The van der Waals surface area contributed by atoms with Gasteiger partial charge in [0.2, 0.25) is 0 Å². The molecule has 2 nitrogen and oxygen atoms in total. The van der Waals surface area contributed by atoms with Gasteiger partial charge in [-0.2, -0.15) is 4.42 Å². The molecule has 1 heterocycles. The first kappa shape index (κ1) is 9.36. The van der Waals surface area contributed by atoms with Crippen molar-refractivity contribution in [3.8, 4) is 16.4 Å². The summed E-state index contributed by atoms with van der Waals surface area (Å²) in [6.45, 7) is 0. The minimum absolute atomic E-state index is 0.268. The van der Waals surface area contributed by atoms with Crippen LogP contribution in [0.25, 0.3) is 20.9 Å². The first-order chi connectivity index (χ1) is 7.83. The molecule has 0 amide bonds. The lowest BCUT2D eigenvalue weighted by atomic mass is 10.2. The van der Waals surface area contributed by atoms with Gasteiger partial charge in [-0.3, -0.25) is 0 Å². The van der Waals surface area contributed by atoms with Gasteiger partial charge in [-0.05, 0) is 29.5 Å². The Balaban J connectivity index is 2.19. The molecule has 0 radical (unpaired) electrons. The molecule has 0 saturated heterocycles. The maximum absolute atomic E-state index is 9.38. The van der Waals surface area contributed by atoms with Gasteiger partial charge in [0, 0.05) is 12.1 Å². The van der Waals surface area contributed by atoms with Crippen LogP contribution in [-0.2, 0) is 0 Å². The zero-order valence-corrected chi connectivity index (χ0v) is 9.20. The fourth-order valence-electron chi connectivity index (χ4n) is 1.57. The van der Waals surface area contributed by atoms with E-state index in [2.05, 4.69) is 0 Å². The molecule has 0 fully saturated rings. The summed E-state index contributed by atoms with van der Waals surface area (Å²) in [6.07, 6.45) is 0. The summed E-state index contributed by atoms with van der Waals surface area (Å²) >= 11 is 1.54. The Hall–Kier alpha value is -1.87. The average molecular weight is 229 g/mol. The molecule has 0 bridgehead atoms. The van der Waals surface area contributed by atoms with E-state index in [0.717, 1.165) is 20.9 Å². The molecule has 3 rings (SSSR count). The van der Waals surface area contributed by atoms with Gasteiger partial charge in [-0.25, -0.2) is 0 Å². The van der Waals surface area contributed by atoms with Gasteiger partial charge < -0.3 is 5.11 Å². The van der Waals surface area contributed by atoms with Gasteiger partial charge in [0.25, 0.3) is 0 Å². The lowest BCUT2D eigenvalue weighted by Crippen LogP contribution is -1.67. The molecular formula is C13H9O2S+. The van der Waals surface area contributed by atoms with E-state index in [1.807, 2.05) is 30.3 Å². The molecule has 0 aliphatic heterocycles. The summed E-state index contributed by atoms with van der Waals surface area (Å²) in [5.41, 5.74) is 1.87. The highest BCUT2D eigenvalue weighted by Crippen LogP contribution is 2.34. The fraction of sp³-hybridized carbons (Fsp3) is 0. The van der Waals surface area contributed by atoms with E-state index in [1.165, 1.54) is 11.3 Å². The zero-order chi connectivity index (χ0) is 11.0. The Bertz CT molecular complexity index is 629. The Morgan fingerprint density at radius 2 is 1.81 bits per heavy atom. The van der Waals surface area contributed by atoms with Crippen molar-refractivity contribution in [2.45, 2.75) is 0 Å². The zero-order valence-electron chi connectivity index (χ0n) is 8.38. The molecule has 1 aromatic heterocycles. The molecular weight excluding hydrogens is 220 g/mol. The minimum atomic E-state index is 0.268. The largest absolute Gasteiger partial charge is 0.508 e. The Labute approximate surface area is 96.4 Å². The van der Waals surface area contributed by atoms with Crippen molar-refractivity contribution in [1.82, 2.24) is 0 Å². The van der Waals surface area contributed by atoms with Gasteiger partial charge in [0.05, 0.1) is 5.56 Å². The standard InChI is InChI=1S/C13H8O2S/c14-10-6-7-11-12(8-10)16-13(15-11)9-4-2-1-3-5-9/h1-8H/p+1. The number of aromatic hydroxyl groups is 1. The summed E-state index contributed by atoms with van der Waals surface area (Å²) in [5.74, 6) is 0.268. The van der Waals surface area contributed by atoms with Crippen molar-refractivity contribution in [3.05, 3.63) is 48.5 Å². The predicted molar refractivity (Wildman–Crippen MR) is 65.6 cm³/mol. The van der Waals surface area contributed by atoms with E-state index in [4.69, 9.17) is 4.42 Å². The van der Waals surface area contributed by atoms with E-state index in [1.54, 1.807) is 18.2 Å². The highest BCUT2D eigenvalue weighted by atomic mass is 32.1. The van der Waals surface area contributed by atoms with E-state index in [9.17, 15) is 5.11 Å². The first-order valence-electron chi connectivity index (χ1n) is 4.94. The number of hydrogen-bond acceptors (Lipinski definition) is 2. The maximum Gasteiger partial charge on any atom is 0.418 e. The topological polar surface area (TPSA) is 31.5 Å². The average Bonchev–Trinajstić information content (AvgIpc) is 2.73. The monoisotopic (exact) mass is 229 g/mol. The second kappa shape index (κ2) is 3.61. The molecule has 16 heavy (non-hydrogen) atoms. The van der Waals surface area contributed by atoms with Crippen LogP contribution in [0.15, 0.2) is 52.9 Å². The van der Waals surface area contributed by atoms with Crippen molar-refractivity contribution in [2.24, 2.45) is 0 Å². The summed E-state index contributed by atoms with van der Waals surface area (Å²) in [5, 5.41) is 10.2. The smallest absolute Gasteiger partial charge is 0.418 e. The lowest BCUT2D eigenvalue weighted by Gasteiger charge is -1.83. The van der Waals surface area contributed by atoms with Gasteiger partial charge in [-0.1, -0.05) is 18.2 Å². The summed E-state index contributed by atoms with van der Waals surface area (Å²) < 4.78 is 6.67. The second-order valence-corrected chi connectivity index (χ2v) is 4.50. The van der Waals surface area contributed by atoms with Crippen LogP contribution in [0, 0.1) is 0 Å². The normalized spacial score (nSPS) is 10.8. The molecule has 0 atom stereocenters. The summed E-state index contributed by atoms with van der Waals surface area (Å²) in [6, 6.07) is 15.1. The van der Waals surface area contributed by atoms with Crippen molar-refractivity contribution in [1.29, 1.82) is 0 Å². The highest BCUT2D eigenvalue weighted by molar-refractivity contribution is 7.21. The van der Waals surface area contributed by atoms with Gasteiger partial charge in [-0.15, -0.1) is 0 Å². The van der Waals surface area contributed by atoms with E-state index < -0.39 is 0 Å². The number of hydrogen-bond donors (Lipinski definition) is 1. The number of fused-ring (bicyclic) bond motifs is 1. The van der Waals surface area contributed by atoms with Crippen molar-refractivity contribution >= 4 is 21.6 Å². The fourth-order valence-corrected chi connectivity index (χ4v) is 2.55. The van der Waals surface area contributed by atoms with Crippen LogP contribution in [-0.4, -0.2) is 5.11 Å². The highest BCUT2D eigenvalue weighted by Gasteiger charge is 2.19. The van der Waals surface area contributed by atoms with Crippen molar-refractivity contribution in [2.75, 3.05) is 0 Å². The van der Waals surface area contributed by atoms with E-state index in [0.29, 0.717) is 0 Å². The van der Waals surface area contributed by atoms with Crippen LogP contribution < -0.4 is 0 Å². The number of rotatable bonds is 1. The summed E-state index contributed by atoms with van der Waals surface area (Å²) in [7, 11) is 0. The number of phenols is 1. The summed E-state index contributed by atoms with van der Waals surface area (Å²) in [4.78, 5) is 0. The number of phenolic OH excluding ortho intramolecular Hbond substituents is 1. The lowest BCUT2D eigenvalue weighted by molar-refractivity contribution is 0.476. The molecule has 0 aliphatic rings. The van der Waals surface area contributed by atoms with E-state index >= 15 is 0 Å². The quantitative estimate of drug-likeness (QED) is 0.635. The molecule has 0 spiro atoms. The van der Waals surface area contributed by atoms with E-state index in [-0.39, 0.29) is 5.75 Å². The van der Waals surface area contributed by atoms with Crippen LogP contribution >= 0.6 is 11.3 Å². The molecule has 78 valence electrons. The van der Waals surface area contributed by atoms with Crippen LogP contribution in [0.4, 0.5) is 0 Å². The van der Waals surface area contributed by atoms with Crippen molar-refractivity contribution < 1.29 is 9.52 Å². The molecule has 0 saturated carbocycles. The van der Waals surface area contributed by atoms with Crippen LogP contribution in [0.3, 0.4) is 0 Å². The number of benzene rings is 2. The maximum atomic E-state index is 9.38. The minimum Gasteiger partial charge on any atom is -0.508 e. The molecule has 3 aromatic rings. The third-order valence-electron chi connectivity index (χ3n) is 2.34. The third kappa shape index (κ3) is 1.55. The van der Waals surface area contributed by atoms with Crippen LogP contribution in [0.1, 0.15) is 0 Å². The van der Waals surface area contributed by atoms with Gasteiger partial charge >= 0.3 is 10.7 Å². The molecule has 2 aromatic carbocycles. The van der Waals surface area contributed by atoms with Gasteiger partial charge in [0.1, 0.15) is 10.4 Å². The first-order valence-corrected chi connectivity index (χ1v) is 5.76. The van der Waals surface area contributed by atoms with Gasteiger partial charge in [0.15, 0.2) is 0 Å². The molecule has 0 unspecified atom stereocenters.